The second-order valence-electron chi connectivity index (χ2n) is 4.15. The van der Waals surface area contributed by atoms with E-state index in [2.05, 4.69) is 5.32 Å². The van der Waals surface area contributed by atoms with Gasteiger partial charge in [0.25, 0.3) is 0 Å². The number of amides is 1. The number of nitrogens with two attached hydrogens (primary N) is 1. The van der Waals surface area contributed by atoms with Crippen molar-refractivity contribution in [1.82, 2.24) is 0 Å². The van der Waals surface area contributed by atoms with Crippen LogP contribution in [0.2, 0.25) is 10.0 Å². The molecule has 1 amide bonds. The van der Waals surface area contributed by atoms with Crippen LogP contribution >= 0.6 is 23.2 Å². The van der Waals surface area contributed by atoms with Crippen molar-refractivity contribution >= 4 is 34.8 Å². The van der Waals surface area contributed by atoms with Crippen molar-refractivity contribution in [2.75, 3.05) is 11.9 Å². The second kappa shape index (κ2) is 6.24. The number of hydrogen-bond donors (Lipinski definition) is 2. The number of halogens is 2. The van der Waals surface area contributed by atoms with Crippen molar-refractivity contribution in [3.63, 3.8) is 0 Å². The van der Waals surface area contributed by atoms with Gasteiger partial charge in [0, 0.05) is 6.42 Å². The van der Waals surface area contributed by atoms with Crippen LogP contribution in [0.25, 0.3) is 0 Å². The van der Waals surface area contributed by atoms with Gasteiger partial charge in [0.1, 0.15) is 0 Å². The van der Waals surface area contributed by atoms with Gasteiger partial charge >= 0.3 is 0 Å². The molecule has 0 aliphatic heterocycles. The molecular formula is C12H16Cl2N2O. The zero-order chi connectivity index (χ0) is 13.0. The van der Waals surface area contributed by atoms with E-state index in [4.69, 9.17) is 28.9 Å². The molecule has 5 heteroatoms. The lowest BCUT2D eigenvalue weighted by molar-refractivity contribution is -0.116. The molecule has 1 unspecified atom stereocenters. The molecule has 3 N–H and O–H groups in total. The summed E-state index contributed by atoms with van der Waals surface area (Å²) in [5.74, 6) is 0.00899. The van der Waals surface area contributed by atoms with Gasteiger partial charge in [-0.2, -0.15) is 0 Å². The maximum atomic E-state index is 11.7. The normalized spacial score (nSPS) is 12.3. The Morgan fingerprint density at radius 3 is 2.71 bits per heavy atom. The van der Waals surface area contributed by atoms with E-state index in [0.29, 0.717) is 28.7 Å². The van der Waals surface area contributed by atoms with Gasteiger partial charge in [0.2, 0.25) is 5.91 Å². The van der Waals surface area contributed by atoms with E-state index >= 15 is 0 Å². The van der Waals surface area contributed by atoms with Crippen LogP contribution in [0.3, 0.4) is 0 Å². The Kier molecular flexibility index (Phi) is 5.25. The highest BCUT2D eigenvalue weighted by molar-refractivity contribution is 6.40. The first kappa shape index (κ1) is 14.3. The van der Waals surface area contributed by atoms with Crippen LogP contribution in [0.4, 0.5) is 5.69 Å². The summed E-state index contributed by atoms with van der Waals surface area (Å²) in [5, 5.41) is 3.64. The monoisotopic (exact) mass is 274 g/mol. The summed E-state index contributed by atoms with van der Waals surface area (Å²) in [5.41, 5.74) is 6.81. The molecule has 0 aromatic heterocycles. The van der Waals surface area contributed by atoms with Crippen LogP contribution in [0.1, 0.15) is 18.9 Å². The molecule has 1 aromatic rings. The molecule has 0 aliphatic rings. The summed E-state index contributed by atoms with van der Waals surface area (Å²) < 4.78 is 0. The molecule has 94 valence electrons. The van der Waals surface area contributed by atoms with Crippen molar-refractivity contribution < 1.29 is 4.79 Å². The molecule has 1 rings (SSSR count). The summed E-state index contributed by atoms with van der Waals surface area (Å²) in [7, 11) is 0. The molecule has 0 aliphatic carbocycles. The fourth-order valence-corrected chi connectivity index (χ4v) is 1.83. The van der Waals surface area contributed by atoms with Gasteiger partial charge in [-0.25, -0.2) is 0 Å². The minimum Gasteiger partial charge on any atom is -0.330 e. The van der Waals surface area contributed by atoms with Crippen LogP contribution in [0.15, 0.2) is 12.1 Å². The largest absolute Gasteiger partial charge is 0.330 e. The molecule has 1 aromatic carbocycles. The number of rotatable bonds is 4. The SMILES string of the molecule is Cc1ccc(Cl)c(NC(=O)CC(C)CN)c1Cl. The van der Waals surface area contributed by atoms with Crippen molar-refractivity contribution in [2.45, 2.75) is 20.3 Å². The third-order valence-electron chi connectivity index (χ3n) is 2.48. The summed E-state index contributed by atoms with van der Waals surface area (Å²) in [6, 6.07) is 3.52. The fourth-order valence-electron chi connectivity index (χ4n) is 1.36. The summed E-state index contributed by atoms with van der Waals surface area (Å²) >= 11 is 12.1. The third-order valence-corrected chi connectivity index (χ3v) is 3.29. The van der Waals surface area contributed by atoms with Gasteiger partial charge < -0.3 is 11.1 Å². The average Bonchev–Trinajstić information content (AvgIpc) is 2.29. The predicted octanol–water partition coefficient (Wildman–Crippen LogP) is 3.23. The van der Waals surface area contributed by atoms with Gasteiger partial charge in [0.05, 0.1) is 15.7 Å². The van der Waals surface area contributed by atoms with Crippen LogP contribution < -0.4 is 11.1 Å². The summed E-state index contributed by atoms with van der Waals surface area (Å²) in [4.78, 5) is 11.7. The first-order chi connectivity index (χ1) is 7.95. The Labute approximate surface area is 111 Å². The Morgan fingerprint density at radius 2 is 2.12 bits per heavy atom. The number of aryl methyl sites for hydroxylation is 1. The van der Waals surface area contributed by atoms with Gasteiger partial charge in [-0.1, -0.05) is 36.2 Å². The smallest absolute Gasteiger partial charge is 0.224 e. The maximum Gasteiger partial charge on any atom is 0.224 e. The highest BCUT2D eigenvalue weighted by Crippen LogP contribution is 2.33. The van der Waals surface area contributed by atoms with E-state index in [0.717, 1.165) is 5.56 Å². The van der Waals surface area contributed by atoms with Crippen molar-refractivity contribution in [2.24, 2.45) is 11.7 Å². The third kappa shape index (κ3) is 3.87. The molecule has 0 heterocycles. The minimum absolute atomic E-state index is 0.127. The van der Waals surface area contributed by atoms with Crippen LogP contribution in [-0.4, -0.2) is 12.5 Å². The predicted molar refractivity (Wildman–Crippen MR) is 72.7 cm³/mol. The lowest BCUT2D eigenvalue weighted by Gasteiger charge is -2.13. The van der Waals surface area contributed by atoms with Crippen LogP contribution in [0.5, 0.6) is 0 Å². The van der Waals surface area contributed by atoms with E-state index in [9.17, 15) is 4.79 Å². The Hall–Kier alpha value is -0.770. The Bertz CT molecular complexity index is 421. The molecule has 1 atom stereocenters. The number of hydrogen-bond acceptors (Lipinski definition) is 2. The molecule has 3 nitrogen and oxygen atoms in total. The van der Waals surface area contributed by atoms with Gasteiger partial charge in [0.15, 0.2) is 0 Å². The first-order valence-corrected chi connectivity index (χ1v) is 6.15. The van der Waals surface area contributed by atoms with Gasteiger partial charge in [-0.3, -0.25) is 4.79 Å². The first-order valence-electron chi connectivity index (χ1n) is 5.40. The number of carbonyl (C=O) groups is 1. The summed E-state index contributed by atoms with van der Waals surface area (Å²) in [6.45, 7) is 4.25. The maximum absolute atomic E-state index is 11.7. The topological polar surface area (TPSA) is 55.1 Å². The molecule has 0 radical (unpaired) electrons. The van der Waals surface area contributed by atoms with E-state index in [1.54, 1.807) is 6.07 Å². The zero-order valence-electron chi connectivity index (χ0n) is 9.89. The number of carbonyl (C=O) groups excluding carboxylic acids is 1. The quantitative estimate of drug-likeness (QED) is 0.886. The zero-order valence-corrected chi connectivity index (χ0v) is 11.4. The van der Waals surface area contributed by atoms with Crippen molar-refractivity contribution in [3.05, 3.63) is 27.7 Å². The lowest BCUT2D eigenvalue weighted by Crippen LogP contribution is -2.20. The highest BCUT2D eigenvalue weighted by Gasteiger charge is 2.13. The van der Waals surface area contributed by atoms with Gasteiger partial charge in [-0.05, 0) is 31.0 Å². The molecule has 0 spiro atoms. The van der Waals surface area contributed by atoms with Crippen molar-refractivity contribution in [1.29, 1.82) is 0 Å². The summed E-state index contributed by atoms with van der Waals surface area (Å²) in [6.07, 6.45) is 0.358. The van der Waals surface area contributed by atoms with E-state index in [1.807, 2.05) is 19.9 Å². The van der Waals surface area contributed by atoms with Gasteiger partial charge in [-0.15, -0.1) is 0 Å². The fraction of sp³-hybridized carbons (Fsp3) is 0.417. The van der Waals surface area contributed by atoms with E-state index < -0.39 is 0 Å². The number of benzene rings is 1. The second-order valence-corrected chi connectivity index (χ2v) is 4.93. The minimum atomic E-state index is -0.127. The average molecular weight is 275 g/mol. The lowest BCUT2D eigenvalue weighted by atomic mass is 10.1. The molecule has 0 saturated heterocycles. The molecule has 17 heavy (non-hydrogen) atoms. The van der Waals surface area contributed by atoms with Crippen LogP contribution in [-0.2, 0) is 4.79 Å². The molecule has 0 fully saturated rings. The van der Waals surface area contributed by atoms with Crippen LogP contribution in [0, 0.1) is 12.8 Å². The number of anilines is 1. The standard InChI is InChI=1S/C12H16Cl2N2O/c1-7(6-15)5-10(17)16-12-9(13)4-3-8(2)11(12)14/h3-4,7H,5-6,15H2,1-2H3,(H,16,17). The Balaban J connectivity index is 2.81. The van der Waals surface area contributed by atoms with E-state index in [1.165, 1.54) is 0 Å². The Morgan fingerprint density at radius 1 is 1.47 bits per heavy atom. The van der Waals surface area contributed by atoms with E-state index in [-0.39, 0.29) is 11.8 Å². The molecule has 0 saturated carbocycles. The molecule has 0 bridgehead atoms. The van der Waals surface area contributed by atoms with Crippen molar-refractivity contribution in [3.8, 4) is 0 Å². The highest BCUT2D eigenvalue weighted by atomic mass is 35.5. The number of nitrogens with one attached hydrogen (secondary N) is 1. The molecular weight excluding hydrogens is 259 g/mol.